The van der Waals surface area contributed by atoms with Crippen molar-refractivity contribution < 1.29 is 38.6 Å². The van der Waals surface area contributed by atoms with Crippen LogP contribution in [0.25, 0.3) is 0 Å². The van der Waals surface area contributed by atoms with Gasteiger partial charge in [-0.2, -0.15) is 10.5 Å². The highest BCUT2D eigenvalue weighted by Gasteiger charge is 2.31. The highest BCUT2D eigenvalue weighted by molar-refractivity contribution is 5.62. The molecule has 0 spiro atoms. The summed E-state index contributed by atoms with van der Waals surface area (Å²) in [5.74, 6) is 3.28. The van der Waals surface area contributed by atoms with Crippen molar-refractivity contribution in [2.45, 2.75) is 209 Å². The van der Waals surface area contributed by atoms with Crippen LogP contribution in [-0.2, 0) is 93.7 Å². The van der Waals surface area contributed by atoms with E-state index in [1.807, 2.05) is 48.5 Å². The van der Waals surface area contributed by atoms with Gasteiger partial charge in [-0.05, 0) is 168 Å². The molecule has 0 fully saturated rings. The van der Waals surface area contributed by atoms with Gasteiger partial charge < -0.3 is 38.6 Å². The summed E-state index contributed by atoms with van der Waals surface area (Å²) in [5, 5.41) is 46.4. The molecule has 8 aromatic carbocycles. The maximum absolute atomic E-state index is 13.4. The van der Waals surface area contributed by atoms with Crippen molar-refractivity contribution in [3.8, 4) is 46.6 Å². The Hall–Kier alpha value is -8.54. The molecule has 2 N–H and O–H groups in total. The molecule has 514 valence electrons. The Morgan fingerprint density at radius 2 is 0.531 bits per heavy atom. The molecule has 0 saturated heterocycles. The minimum absolute atomic E-state index is 0.212. The predicted octanol–water partition coefficient (Wildman–Crippen LogP) is 19.4. The molecule has 10 heteroatoms. The van der Waals surface area contributed by atoms with Crippen molar-refractivity contribution in [2.24, 2.45) is 0 Å². The largest absolute Gasteiger partial charge is 0.507 e. The van der Waals surface area contributed by atoms with Crippen LogP contribution in [0.15, 0.2) is 121 Å². The van der Waals surface area contributed by atoms with Crippen LogP contribution in [0.5, 0.6) is 34.5 Å². The van der Waals surface area contributed by atoms with E-state index < -0.39 is 0 Å². The van der Waals surface area contributed by atoms with Crippen LogP contribution in [-0.4, -0.2) is 49.9 Å². The average molecular weight is 1320 g/mol. The zero-order valence-electron chi connectivity index (χ0n) is 61.7. The van der Waals surface area contributed by atoms with Crippen LogP contribution in [0.3, 0.4) is 0 Å². The summed E-state index contributed by atoms with van der Waals surface area (Å²) >= 11 is 0. The second kappa shape index (κ2) is 28.7. The molecule has 0 radical (unpaired) electrons. The third-order valence-corrected chi connectivity index (χ3v) is 19.2. The van der Waals surface area contributed by atoms with E-state index in [9.17, 15) is 20.7 Å². The molecule has 0 amide bonds. The molecule has 0 unspecified atom stereocenters. The van der Waals surface area contributed by atoms with Crippen molar-refractivity contribution in [2.75, 3.05) is 39.6 Å². The van der Waals surface area contributed by atoms with Crippen LogP contribution in [0, 0.1) is 22.7 Å². The highest BCUT2D eigenvalue weighted by atomic mass is 16.6. The summed E-state index contributed by atoms with van der Waals surface area (Å²) < 4.78 is 41.7. The second-order valence-electron chi connectivity index (χ2n) is 33.5. The lowest BCUT2D eigenvalue weighted by Crippen LogP contribution is -2.17. The van der Waals surface area contributed by atoms with Gasteiger partial charge in [-0.25, -0.2) is 0 Å². The smallest absolute Gasteiger partial charge is 0.126 e. The fourth-order valence-electron chi connectivity index (χ4n) is 13.1. The monoisotopic (exact) mass is 1320 g/mol. The van der Waals surface area contributed by atoms with E-state index in [4.69, 9.17) is 28.4 Å². The van der Waals surface area contributed by atoms with Crippen molar-refractivity contribution in [1.82, 2.24) is 0 Å². The Labute approximate surface area is 584 Å². The number of phenolic OH excluding ortho intramolecular Hbond substituents is 2. The number of phenols is 2. The van der Waals surface area contributed by atoms with Crippen LogP contribution in [0.1, 0.15) is 247 Å². The summed E-state index contributed by atoms with van der Waals surface area (Å²) in [7, 11) is 0. The minimum Gasteiger partial charge on any atom is -0.507 e. The lowest BCUT2D eigenvalue weighted by atomic mass is 9.79. The predicted molar refractivity (Wildman–Crippen MR) is 395 cm³/mol. The molecule has 98 heavy (non-hydrogen) atoms. The number of benzene rings is 8. The fraction of sp³-hybridized carbons (Fsp3) is 0.432. The van der Waals surface area contributed by atoms with Gasteiger partial charge in [0.1, 0.15) is 60.9 Å². The Bertz CT molecular complexity index is 4030. The van der Waals surface area contributed by atoms with Crippen LogP contribution in [0.4, 0.5) is 0 Å². The molecular formula is C88H104N2O8. The van der Waals surface area contributed by atoms with Gasteiger partial charge in [-0.3, -0.25) is 0 Å². The summed E-state index contributed by atoms with van der Waals surface area (Å²) in [6, 6.07) is 46.7. The lowest BCUT2D eigenvalue weighted by molar-refractivity contribution is 0.0270. The summed E-state index contributed by atoms with van der Waals surface area (Å²) in [5.41, 5.74) is 18.3. The number of nitrogens with zero attached hydrogens (tertiary/aromatic N) is 2. The van der Waals surface area contributed by atoms with E-state index in [2.05, 4.69) is 210 Å². The lowest BCUT2D eigenvalue weighted by Gasteiger charge is -2.28. The van der Waals surface area contributed by atoms with E-state index >= 15 is 0 Å². The maximum Gasteiger partial charge on any atom is 0.126 e. The molecule has 10 nitrogen and oxygen atoms in total. The first kappa shape index (κ1) is 72.2. The highest BCUT2D eigenvalue weighted by Crippen LogP contribution is 2.46. The molecular weight excluding hydrogens is 1210 g/mol. The first-order valence-corrected chi connectivity index (χ1v) is 35.0. The Balaban J connectivity index is 1.34. The first-order valence-electron chi connectivity index (χ1n) is 35.0. The van der Waals surface area contributed by atoms with Crippen molar-refractivity contribution in [3.63, 3.8) is 0 Å². The number of fused-ring (bicyclic) bond motifs is 17. The molecule has 8 aromatic rings. The number of rotatable bonds is 6. The van der Waals surface area contributed by atoms with Gasteiger partial charge in [0.05, 0.1) is 49.7 Å². The van der Waals surface area contributed by atoms with E-state index in [1.54, 1.807) is 0 Å². The topological polar surface area (TPSA) is 143 Å². The summed E-state index contributed by atoms with van der Waals surface area (Å²) in [4.78, 5) is 0. The summed E-state index contributed by atoms with van der Waals surface area (Å²) in [6.07, 6.45) is 2.18. The molecule has 2 aliphatic rings. The third kappa shape index (κ3) is 17.3. The number of aromatic hydroxyl groups is 2. The Morgan fingerprint density at radius 1 is 0.316 bits per heavy atom. The summed E-state index contributed by atoms with van der Waals surface area (Å²) in [6.45, 7) is 42.5. The SMILES string of the molecule is CC(C)(C)c1cc2c(O)c(c1)Cc1cc(C(C)(C)C)cc(c1OCc1ccc(C#N)cc1)Cc1cc(C(C)(C)C)cc3c1OCCOCCOCCOc1c(cc(C(C)(C)C)cc1Cc1cc(C(C)(C)C)cc(c1OCc1ccc(C#N)cc1)Cc1cc(C(C)(C)C)cc(c1O)C3)C2. The van der Waals surface area contributed by atoms with Crippen LogP contribution < -0.4 is 18.9 Å². The Kier molecular flexibility index (Phi) is 21.2. The molecule has 10 rings (SSSR count). The van der Waals surface area contributed by atoms with E-state index in [0.717, 1.165) is 111 Å². The van der Waals surface area contributed by atoms with Gasteiger partial charge in [-0.15, -0.1) is 0 Å². The number of nitriles is 2. The average Bonchev–Trinajstić information content (AvgIpc) is 0.775. The molecule has 0 saturated carbocycles. The van der Waals surface area contributed by atoms with Crippen LogP contribution in [0.2, 0.25) is 0 Å². The first-order chi connectivity index (χ1) is 46.0. The van der Waals surface area contributed by atoms with E-state index in [-0.39, 0.29) is 70.4 Å². The molecule has 2 aliphatic heterocycles. The van der Waals surface area contributed by atoms with Gasteiger partial charge in [0.25, 0.3) is 0 Å². The van der Waals surface area contributed by atoms with Crippen molar-refractivity contribution in [3.05, 3.63) is 244 Å². The second-order valence-corrected chi connectivity index (χ2v) is 33.5. The van der Waals surface area contributed by atoms with Crippen LogP contribution >= 0.6 is 0 Å². The van der Waals surface area contributed by atoms with E-state index in [1.165, 1.54) is 0 Å². The number of ether oxygens (including phenoxy) is 6. The van der Waals surface area contributed by atoms with E-state index in [0.29, 0.717) is 99.1 Å². The molecule has 2 heterocycles. The fourth-order valence-corrected chi connectivity index (χ4v) is 13.1. The zero-order valence-corrected chi connectivity index (χ0v) is 61.7. The number of hydrogen-bond donors (Lipinski definition) is 2. The van der Waals surface area contributed by atoms with Gasteiger partial charge >= 0.3 is 0 Å². The maximum atomic E-state index is 13.4. The van der Waals surface area contributed by atoms with Crippen molar-refractivity contribution >= 4 is 0 Å². The zero-order chi connectivity index (χ0) is 70.9. The van der Waals surface area contributed by atoms with Gasteiger partial charge in [0, 0.05) is 38.5 Å². The standard InChI is InChI=1S/C88H104N2O8/c1-83(2,3)71-39-59-33-63-43-73(85(7,8)9)47-67-37-70-50-76(88(16,17)18)46-66(82(70)98-54-58-25-21-56(52-90)22-26-58)36-62-42-72(84(4,5)6)40-60(78(62)92)34-64-44-74(86(10,11)12)48-68(80(64)96-32-30-94-28-27-93-29-31-95-79(63)67)38-69-49-75(87(13,14)15)45-65(35-61(41-71)77(59)91)81(69)97-53-57-23-19-55(51-89)20-24-57/h19-26,39-50,91-92H,27-38,53-54H2,1-18H3. The van der Waals surface area contributed by atoms with Crippen molar-refractivity contribution in [1.29, 1.82) is 10.5 Å². The normalized spacial score (nSPS) is 14.6. The molecule has 0 aromatic heterocycles. The molecule has 0 atom stereocenters. The Morgan fingerprint density at radius 3 is 0.776 bits per heavy atom. The van der Waals surface area contributed by atoms with Gasteiger partial charge in [0.2, 0.25) is 0 Å². The molecule has 0 aliphatic carbocycles. The minimum atomic E-state index is -0.322. The number of hydrogen-bond acceptors (Lipinski definition) is 10. The quantitative estimate of drug-likeness (QED) is 0.154. The third-order valence-electron chi connectivity index (χ3n) is 19.2. The molecule has 10 bridgehead atoms. The van der Waals surface area contributed by atoms with Gasteiger partial charge in [0.15, 0.2) is 0 Å². The van der Waals surface area contributed by atoms with Gasteiger partial charge in [-0.1, -0.05) is 222 Å².